The summed E-state index contributed by atoms with van der Waals surface area (Å²) in [6.07, 6.45) is 10.1. The lowest BCUT2D eigenvalue weighted by atomic mass is 9.80. The summed E-state index contributed by atoms with van der Waals surface area (Å²) >= 11 is 0. The van der Waals surface area contributed by atoms with Crippen LogP contribution in [0.2, 0.25) is 0 Å². The zero-order valence-corrected chi connectivity index (χ0v) is 14.6. The summed E-state index contributed by atoms with van der Waals surface area (Å²) in [6, 6.07) is 7.18. The third-order valence-electron chi connectivity index (χ3n) is 5.73. The van der Waals surface area contributed by atoms with Crippen LogP contribution in [0.3, 0.4) is 0 Å². The van der Waals surface area contributed by atoms with Crippen LogP contribution in [-0.4, -0.2) is 41.1 Å². The predicted octanol–water partition coefficient (Wildman–Crippen LogP) is 3.24. The number of hydrogen-bond acceptors (Lipinski definition) is 3. The molecule has 1 aromatic rings. The standard InChI is InChI=1S/C20H30N2O2/c23-18-8-6-7-17(15-18)9-10-19(24)21-16-20(11-2-1-3-12-20)22-13-4-5-14-22/h6-8,15,23H,1-5,9-14,16H2,(H,21,24). The maximum atomic E-state index is 12.3. The smallest absolute Gasteiger partial charge is 0.220 e. The number of nitrogens with one attached hydrogen (secondary N) is 1. The van der Waals surface area contributed by atoms with Crippen molar-refractivity contribution in [1.29, 1.82) is 0 Å². The van der Waals surface area contributed by atoms with Gasteiger partial charge in [0, 0.05) is 18.5 Å². The largest absolute Gasteiger partial charge is 0.508 e. The predicted molar refractivity (Wildman–Crippen MR) is 96.1 cm³/mol. The molecular weight excluding hydrogens is 300 g/mol. The molecule has 1 heterocycles. The van der Waals surface area contributed by atoms with E-state index in [1.807, 2.05) is 12.1 Å². The van der Waals surface area contributed by atoms with E-state index in [2.05, 4.69) is 10.2 Å². The molecule has 3 rings (SSSR count). The molecule has 0 bridgehead atoms. The summed E-state index contributed by atoms with van der Waals surface area (Å²) in [6.45, 7) is 3.18. The van der Waals surface area contributed by atoms with Crippen LogP contribution in [0.4, 0.5) is 0 Å². The van der Waals surface area contributed by atoms with Gasteiger partial charge in [0.05, 0.1) is 0 Å². The molecule has 4 heteroatoms. The molecule has 4 nitrogen and oxygen atoms in total. The highest BCUT2D eigenvalue weighted by molar-refractivity contribution is 5.76. The highest BCUT2D eigenvalue weighted by atomic mass is 16.3. The van der Waals surface area contributed by atoms with E-state index in [9.17, 15) is 9.90 Å². The molecule has 0 radical (unpaired) electrons. The Morgan fingerprint density at radius 3 is 2.58 bits per heavy atom. The second-order valence-electron chi connectivity index (χ2n) is 7.43. The van der Waals surface area contributed by atoms with Gasteiger partial charge in [0.1, 0.15) is 5.75 Å². The second kappa shape index (κ2) is 8.02. The first-order chi connectivity index (χ1) is 11.7. The molecular formula is C20H30N2O2. The maximum absolute atomic E-state index is 12.3. The van der Waals surface area contributed by atoms with Crippen LogP contribution in [-0.2, 0) is 11.2 Å². The molecule has 24 heavy (non-hydrogen) atoms. The van der Waals surface area contributed by atoms with Crippen LogP contribution < -0.4 is 5.32 Å². The Hall–Kier alpha value is -1.55. The van der Waals surface area contributed by atoms with E-state index in [4.69, 9.17) is 0 Å². The van der Waals surface area contributed by atoms with Gasteiger partial charge in [0.2, 0.25) is 5.91 Å². The summed E-state index contributed by atoms with van der Waals surface area (Å²) in [5, 5.41) is 12.7. The summed E-state index contributed by atoms with van der Waals surface area (Å²) in [4.78, 5) is 14.9. The SMILES string of the molecule is O=C(CCc1cccc(O)c1)NCC1(N2CCCC2)CCCCC1. The molecule has 0 spiro atoms. The minimum Gasteiger partial charge on any atom is -0.508 e. The van der Waals surface area contributed by atoms with Gasteiger partial charge in [-0.25, -0.2) is 0 Å². The van der Waals surface area contributed by atoms with Crippen LogP contribution in [0.15, 0.2) is 24.3 Å². The summed E-state index contributed by atoms with van der Waals surface area (Å²) in [7, 11) is 0. The number of carbonyl (C=O) groups excluding carboxylic acids is 1. The molecule has 2 fully saturated rings. The maximum Gasteiger partial charge on any atom is 0.220 e. The zero-order chi connectivity index (χ0) is 16.8. The fourth-order valence-corrected chi connectivity index (χ4v) is 4.33. The van der Waals surface area contributed by atoms with Gasteiger partial charge in [-0.3, -0.25) is 9.69 Å². The number of nitrogens with zero attached hydrogens (tertiary/aromatic N) is 1. The van der Waals surface area contributed by atoms with Crippen molar-refractivity contribution < 1.29 is 9.90 Å². The van der Waals surface area contributed by atoms with E-state index in [1.165, 1.54) is 58.0 Å². The Balaban J connectivity index is 1.51. The molecule has 2 aliphatic rings. The highest BCUT2D eigenvalue weighted by Crippen LogP contribution is 2.35. The molecule has 1 aromatic carbocycles. The molecule has 0 aromatic heterocycles. The Morgan fingerprint density at radius 1 is 1.12 bits per heavy atom. The second-order valence-corrected chi connectivity index (χ2v) is 7.43. The van der Waals surface area contributed by atoms with E-state index in [1.54, 1.807) is 12.1 Å². The van der Waals surface area contributed by atoms with Gasteiger partial charge >= 0.3 is 0 Å². The average Bonchev–Trinajstić information content (AvgIpc) is 3.14. The number of amides is 1. The first kappa shape index (κ1) is 17.3. The molecule has 1 amide bonds. The fourth-order valence-electron chi connectivity index (χ4n) is 4.33. The number of rotatable bonds is 6. The molecule has 2 N–H and O–H groups in total. The van der Waals surface area contributed by atoms with Crippen molar-refractivity contribution in [1.82, 2.24) is 10.2 Å². The first-order valence-electron chi connectivity index (χ1n) is 9.48. The minimum absolute atomic E-state index is 0.127. The van der Waals surface area contributed by atoms with Gasteiger partial charge in [-0.2, -0.15) is 0 Å². The Morgan fingerprint density at radius 2 is 1.88 bits per heavy atom. The average molecular weight is 330 g/mol. The summed E-state index contributed by atoms with van der Waals surface area (Å²) in [5.41, 5.74) is 1.21. The highest BCUT2D eigenvalue weighted by Gasteiger charge is 2.39. The number of aryl methyl sites for hydroxylation is 1. The lowest BCUT2D eigenvalue weighted by Gasteiger charge is -2.45. The lowest BCUT2D eigenvalue weighted by Crippen LogP contribution is -2.55. The first-order valence-corrected chi connectivity index (χ1v) is 9.48. The van der Waals surface area contributed by atoms with E-state index in [-0.39, 0.29) is 17.2 Å². The van der Waals surface area contributed by atoms with Crippen molar-refractivity contribution >= 4 is 5.91 Å². The van der Waals surface area contributed by atoms with E-state index in [0.717, 1.165) is 12.1 Å². The number of aromatic hydroxyl groups is 1. The van der Waals surface area contributed by atoms with Crippen molar-refractivity contribution in [2.24, 2.45) is 0 Å². The molecule has 1 saturated heterocycles. The van der Waals surface area contributed by atoms with Crippen molar-refractivity contribution in [2.45, 2.75) is 63.3 Å². The molecule has 0 atom stereocenters. The lowest BCUT2D eigenvalue weighted by molar-refractivity contribution is -0.121. The molecule has 132 valence electrons. The number of phenolic OH excluding ortho intramolecular Hbond substituents is 1. The van der Waals surface area contributed by atoms with Gasteiger partial charge in [-0.1, -0.05) is 31.4 Å². The van der Waals surface area contributed by atoms with Crippen LogP contribution >= 0.6 is 0 Å². The van der Waals surface area contributed by atoms with E-state index >= 15 is 0 Å². The van der Waals surface area contributed by atoms with Gasteiger partial charge in [0.15, 0.2) is 0 Å². The molecule has 1 aliphatic carbocycles. The zero-order valence-electron chi connectivity index (χ0n) is 14.6. The summed E-state index contributed by atoms with van der Waals surface area (Å²) in [5.74, 6) is 0.394. The number of phenols is 1. The van der Waals surface area contributed by atoms with Gasteiger partial charge < -0.3 is 10.4 Å². The molecule has 0 unspecified atom stereocenters. The number of hydrogen-bond donors (Lipinski definition) is 2. The fraction of sp³-hybridized carbons (Fsp3) is 0.650. The van der Waals surface area contributed by atoms with Crippen molar-refractivity contribution in [3.63, 3.8) is 0 Å². The molecule has 1 aliphatic heterocycles. The third kappa shape index (κ3) is 4.29. The monoisotopic (exact) mass is 330 g/mol. The van der Waals surface area contributed by atoms with E-state index in [0.29, 0.717) is 12.8 Å². The van der Waals surface area contributed by atoms with Crippen LogP contribution in [0, 0.1) is 0 Å². The van der Waals surface area contributed by atoms with Crippen molar-refractivity contribution in [2.75, 3.05) is 19.6 Å². The minimum atomic E-state index is 0.127. The number of likely N-dealkylation sites (tertiary alicyclic amines) is 1. The number of benzene rings is 1. The van der Waals surface area contributed by atoms with Crippen molar-refractivity contribution in [3.05, 3.63) is 29.8 Å². The number of carbonyl (C=O) groups is 1. The third-order valence-corrected chi connectivity index (χ3v) is 5.73. The summed E-state index contributed by atoms with van der Waals surface area (Å²) < 4.78 is 0. The van der Waals surface area contributed by atoms with Gasteiger partial charge in [-0.05, 0) is 62.9 Å². The van der Waals surface area contributed by atoms with Crippen molar-refractivity contribution in [3.8, 4) is 5.75 Å². The van der Waals surface area contributed by atoms with Crippen LogP contribution in [0.5, 0.6) is 5.75 Å². The Labute approximate surface area is 145 Å². The normalized spacial score (nSPS) is 20.8. The van der Waals surface area contributed by atoms with E-state index < -0.39 is 0 Å². The molecule has 1 saturated carbocycles. The van der Waals surface area contributed by atoms with Crippen LogP contribution in [0.25, 0.3) is 0 Å². The topological polar surface area (TPSA) is 52.6 Å². The van der Waals surface area contributed by atoms with Gasteiger partial charge in [0.25, 0.3) is 0 Å². The Bertz CT molecular complexity index is 546. The van der Waals surface area contributed by atoms with Gasteiger partial charge in [-0.15, -0.1) is 0 Å². The van der Waals surface area contributed by atoms with Crippen LogP contribution in [0.1, 0.15) is 56.9 Å². The quantitative estimate of drug-likeness (QED) is 0.842. The Kier molecular flexibility index (Phi) is 5.77.